The molecule has 2 aromatic heterocycles. The molecule has 1 aliphatic rings. The Hall–Kier alpha value is -2.28. The second-order valence-corrected chi connectivity index (χ2v) is 6.83. The monoisotopic (exact) mass is 327 g/mol. The van der Waals surface area contributed by atoms with Crippen LogP contribution < -0.4 is 5.32 Å². The van der Waals surface area contributed by atoms with E-state index in [1.807, 2.05) is 34.8 Å². The molecular formula is C16H17N5OS. The van der Waals surface area contributed by atoms with Gasteiger partial charge in [0.05, 0.1) is 6.42 Å². The van der Waals surface area contributed by atoms with Gasteiger partial charge in [-0.2, -0.15) is 9.61 Å². The zero-order chi connectivity index (χ0) is 15.6. The number of fused-ring (bicyclic) bond motifs is 1. The summed E-state index contributed by atoms with van der Waals surface area (Å²) in [5.74, 6) is 1.55. The summed E-state index contributed by atoms with van der Waals surface area (Å²) in [5.41, 5.74) is 1.03. The van der Waals surface area contributed by atoms with Crippen LogP contribution in [-0.4, -0.2) is 32.3 Å². The molecule has 4 rings (SSSR count). The Morgan fingerprint density at radius 1 is 1.26 bits per heavy atom. The summed E-state index contributed by atoms with van der Waals surface area (Å²) in [4.78, 5) is 12.8. The van der Waals surface area contributed by atoms with Gasteiger partial charge in [-0.3, -0.25) is 4.79 Å². The number of hydrogen-bond acceptors (Lipinski definition) is 5. The van der Waals surface area contributed by atoms with Gasteiger partial charge in [-0.1, -0.05) is 41.7 Å². The van der Waals surface area contributed by atoms with Crippen LogP contribution in [-0.2, 0) is 17.6 Å². The molecule has 7 heteroatoms. The van der Waals surface area contributed by atoms with Crippen molar-refractivity contribution in [1.82, 2.24) is 25.1 Å². The van der Waals surface area contributed by atoms with Crippen LogP contribution in [0.2, 0.25) is 0 Å². The van der Waals surface area contributed by atoms with E-state index in [0.29, 0.717) is 18.9 Å². The molecule has 1 saturated carbocycles. The fourth-order valence-corrected chi connectivity index (χ4v) is 3.36. The molecule has 3 aromatic rings. The molecule has 0 saturated heterocycles. The molecule has 0 spiro atoms. The van der Waals surface area contributed by atoms with E-state index >= 15 is 0 Å². The topological polar surface area (TPSA) is 72.2 Å². The van der Waals surface area contributed by atoms with E-state index in [9.17, 15) is 4.79 Å². The number of nitrogens with one attached hydrogen (secondary N) is 1. The van der Waals surface area contributed by atoms with E-state index in [-0.39, 0.29) is 5.91 Å². The minimum absolute atomic E-state index is 0.0397. The van der Waals surface area contributed by atoms with Gasteiger partial charge in [-0.15, -0.1) is 10.2 Å². The van der Waals surface area contributed by atoms with Gasteiger partial charge < -0.3 is 5.32 Å². The summed E-state index contributed by atoms with van der Waals surface area (Å²) in [7, 11) is 0. The van der Waals surface area contributed by atoms with Crippen LogP contribution in [0.1, 0.15) is 35.2 Å². The third-order valence-corrected chi connectivity index (χ3v) is 4.83. The summed E-state index contributed by atoms with van der Waals surface area (Å²) in [5, 5.41) is 16.9. The highest BCUT2D eigenvalue weighted by atomic mass is 32.1. The molecule has 1 amide bonds. The Bertz CT molecular complexity index is 821. The van der Waals surface area contributed by atoms with Gasteiger partial charge in [0.15, 0.2) is 5.82 Å². The Kier molecular flexibility index (Phi) is 3.78. The largest absolute Gasteiger partial charge is 0.355 e. The van der Waals surface area contributed by atoms with Crippen LogP contribution in [0.3, 0.4) is 0 Å². The Morgan fingerprint density at radius 2 is 2.09 bits per heavy atom. The molecule has 118 valence electrons. The maximum Gasteiger partial charge on any atom is 0.234 e. The van der Waals surface area contributed by atoms with Crippen LogP contribution in [0.15, 0.2) is 30.3 Å². The lowest BCUT2D eigenvalue weighted by Crippen LogP contribution is -2.27. The number of benzene rings is 1. The fourth-order valence-electron chi connectivity index (χ4n) is 2.52. The number of hydrogen-bond donors (Lipinski definition) is 1. The highest BCUT2D eigenvalue weighted by Crippen LogP contribution is 2.39. The molecule has 0 radical (unpaired) electrons. The van der Waals surface area contributed by atoms with E-state index < -0.39 is 0 Å². The maximum atomic E-state index is 11.9. The molecule has 0 atom stereocenters. The number of aromatic nitrogens is 4. The predicted molar refractivity (Wildman–Crippen MR) is 87.5 cm³/mol. The summed E-state index contributed by atoms with van der Waals surface area (Å²) in [6.07, 6.45) is 3.50. The molecule has 0 bridgehead atoms. The SMILES string of the molecule is O=C(Cc1ccccc1)NCCc1nn2c(C3CC3)nnc2s1. The summed E-state index contributed by atoms with van der Waals surface area (Å²) < 4.78 is 1.86. The lowest BCUT2D eigenvalue weighted by molar-refractivity contribution is -0.120. The smallest absolute Gasteiger partial charge is 0.234 e. The van der Waals surface area contributed by atoms with Crippen molar-refractivity contribution in [3.63, 3.8) is 0 Å². The molecule has 1 N–H and O–H groups in total. The number of rotatable bonds is 6. The molecule has 0 aliphatic heterocycles. The van der Waals surface area contributed by atoms with Crippen molar-refractivity contribution in [2.45, 2.75) is 31.6 Å². The third-order valence-electron chi connectivity index (χ3n) is 3.87. The van der Waals surface area contributed by atoms with Gasteiger partial charge in [0.25, 0.3) is 0 Å². The van der Waals surface area contributed by atoms with E-state index in [1.54, 1.807) is 11.3 Å². The molecule has 0 unspecified atom stereocenters. The number of carbonyl (C=O) groups excluding carboxylic acids is 1. The summed E-state index contributed by atoms with van der Waals surface area (Å²) in [6.45, 7) is 0.592. The Labute approximate surface area is 137 Å². The first-order valence-corrected chi connectivity index (χ1v) is 8.63. The third kappa shape index (κ3) is 3.24. The first-order valence-electron chi connectivity index (χ1n) is 7.81. The average Bonchev–Trinajstić information content (AvgIpc) is 3.19. The van der Waals surface area contributed by atoms with E-state index in [2.05, 4.69) is 20.6 Å². The molecule has 1 fully saturated rings. The van der Waals surface area contributed by atoms with Crippen LogP contribution in [0.4, 0.5) is 0 Å². The molecule has 23 heavy (non-hydrogen) atoms. The fraction of sp³-hybridized carbons (Fsp3) is 0.375. The maximum absolute atomic E-state index is 11.9. The van der Waals surface area contributed by atoms with Gasteiger partial charge >= 0.3 is 0 Å². The Balaban J connectivity index is 1.31. The average molecular weight is 327 g/mol. The van der Waals surface area contributed by atoms with Crippen molar-refractivity contribution >= 4 is 22.2 Å². The van der Waals surface area contributed by atoms with E-state index in [1.165, 1.54) is 12.8 Å². The summed E-state index contributed by atoms with van der Waals surface area (Å²) in [6, 6.07) is 9.76. The van der Waals surface area contributed by atoms with Crippen molar-refractivity contribution < 1.29 is 4.79 Å². The quantitative estimate of drug-likeness (QED) is 0.751. The van der Waals surface area contributed by atoms with Crippen LogP contribution in [0.25, 0.3) is 4.96 Å². The molecule has 2 heterocycles. The lowest BCUT2D eigenvalue weighted by Gasteiger charge is -2.03. The molecule has 6 nitrogen and oxygen atoms in total. The van der Waals surface area contributed by atoms with Crippen LogP contribution >= 0.6 is 11.3 Å². The first-order chi connectivity index (χ1) is 11.3. The number of amides is 1. The van der Waals surface area contributed by atoms with Crippen LogP contribution in [0, 0.1) is 0 Å². The molecule has 1 aromatic carbocycles. The van der Waals surface area contributed by atoms with Crippen molar-refractivity contribution in [3.05, 3.63) is 46.7 Å². The van der Waals surface area contributed by atoms with Gasteiger partial charge in [0.2, 0.25) is 10.9 Å². The highest BCUT2D eigenvalue weighted by molar-refractivity contribution is 7.16. The summed E-state index contributed by atoms with van der Waals surface area (Å²) >= 11 is 1.55. The zero-order valence-corrected chi connectivity index (χ0v) is 13.4. The van der Waals surface area contributed by atoms with E-state index in [4.69, 9.17) is 0 Å². The van der Waals surface area contributed by atoms with Gasteiger partial charge in [0.1, 0.15) is 5.01 Å². The second-order valence-electron chi connectivity index (χ2n) is 5.78. The molecule has 1 aliphatic carbocycles. The predicted octanol–water partition coefficient (Wildman–Crippen LogP) is 1.96. The Morgan fingerprint density at radius 3 is 2.87 bits per heavy atom. The van der Waals surface area contributed by atoms with Crippen LogP contribution in [0.5, 0.6) is 0 Å². The second kappa shape index (κ2) is 6.08. The van der Waals surface area contributed by atoms with Gasteiger partial charge in [0, 0.05) is 18.9 Å². The minimum atomic E-state index is 0.0397. The molecular weight excluding hydrogens is 310 g/mol. The van der Waals surface area contributed by atoms with Crippen molar-refractivity contribution in [2.75, 3.05) is 6.54 Å². The highest BCUT2D eigenvalue weighted by Gasteiger charge is 2.29. The van der Waals surface area contributed by atoms with Crippen molar-refractivity contribution in [1.29, 1.82) is 0 Å². The van der Waals surface area contributed by atoms with Gasteiger partial charge in [-0.25, -0.2) is 0 Å². The van der Waals surface area contributed by atoms with Gasteiger partial charge in [-0.05, 0) is 18.4 Å². The first kappa shape index (κ1) is 14.3. The van der Waals surface area contributed by atoms with E-state index in [0.717, 1.165) is 27.8 Å². The number of nitrogens with zero attached hydrogens (tertiary/aromatic N) is 4. The number of carbonyl (C=O) groups is 1. The standard InChI is InChI=1S/C16H17N5OS/c22-13(10-11-4-2-1-3-5-11)17-9-8-14-20-21-15(12-6-7-12)18-19-16(21)23-14/h1-5,12H,6-10H2,(H,17,22). The minimum Gasteiger partial charge on any atom is -0.355 e. The lowest BCUT2D eigenvalue weighted by atomic mass is 10.1. The normalized spacial score (nSPS) is 14.3. The van der Waals surface area contributed by atoms with Crippen molar-refractivity contribution in [3.8, 4) is 0 Å². The van der Waals surface area contributed by atoms with Crippen molar-refractivity contribution in [2.24, 2.45) is 0 Å². The zero-order valence-electron chi connectivity index (χ0n) is 12.6.